The Morgan fingerprint density at radius 1 is 0.802 bits per heavy atom. The maximum absolute atomic E-state index is 14.5. The monoisotopic (exact) mass is 1120 g/mol. The van der Waals surface area contributed by atoms with E-state index in [-0.39, 0.29) is 63.8 Å². The summed E-state index contributed by atoms with van der Waals surface area (Å²) in [6.07, 6.45) is 1.64. The first-order chi connectivity index (χ1) is 39.0. The Hall–Kier alpha value is -8.32. The normalized spacial score (nSPS) is 17.8. The minimum atomic E-state index is -1.32. The fourth-order valence-corrected chi connectivity index (χ4v) is 9.93. The lowest BCUT2D eigenvalue weighted by Gasteiger charge is -2.43. The first-order valence-corrected chi connectivity index (χ1v) is 27.4. The summed E-state index contributed by atoms with van der Waals surface area (Å²) in [5.74, 6) is -1.49. The zero-order chi connectivity index (χ0) is 58.1. The second-order valence-electron chi connectivity index (χ2n) is 20.2. The van der Waals surface area contributed by atoms with Crippen molar-refractivity contribution in [2.45, 2.75) is 96.7 Å². The van der Waals surface area contributed by atoms with Crippen LogP contribution < -0.4 is 63.2 Å². The van der Waals surface area contributed by atoms with Crippen molar-refractivity contribution in [1.82, 2.24) is 31.2 Å². The van der Waals surface area contributed by atoms with Gasteiger partial charge in [0.1, 0.15) is 36.6 Å². The molecule has 81 heavy (non-hydrogen) atoms. The number of para-hydroxylation sites is 1. The summed E-state index contributed by atoms with van der Waals surface area (Å²) in [5.41, 5.74) is 13.2. The highest BCUT2D eigenvalue weighted by Crippen LogP contribution is 2.44. The first-order valence-electron chi connectivity index (χ1n) is 27.4. The highest BCUT2D eigenvalue weighted by atomic mass is 16.7. The van der Waals surface area contributed by atoms with E-state index in [1.54, 1.807) is 84.6 Å². The van der Waals surface area contributed by atoms with Gasteiger partial charge in [-0.3, -0.25) is 38.6 Å². The number of primary amides is 1. The van der Waals surface area contributed by atoms with Crippen LogP contribution in [0.2, 0.25) is 0 Å². The number of hydrogen-bond donors (Lipinski definition) is 9. The van der Waals surface area contributed by atoms with Crippen LogP contribution in [0.25, 0.3) is 0 Å². The van der Waals surface area contributed by atoms with Crippen LogP contribution in [0.5, 0.6) is 5.75 Å². The van der Waals surface area contributed by atoms with Crippen LogP contribution in [0.15, 0.2) is 97.1 Å². The Kier molecular flexibility index (Phi) is 21.4. The van der Waals surface area contributed by atoms with E-state index < -0.39 is 59.3 Å². The zero-order valence-corrected chi connectivity index (χ0v) is 46.3. The summed E-state index contributed by atoms with van der Waals surface area (Å²) >= 11 is 0. The van der Waals surface area contributed by atoms with E-state index in [1.807, 2.05) is 50.2 Å². The number of hydrogen-bond acceptors (Lipinski definition) is 14. The lowest BCUT2D eigenvalue weighted by Crippen LogP contribution is -2.59. The molecule has 3 aliphatic rings. The van der Waals surface area contributed by atoms with Gasteiger partial charge in [0.2, 0.25) is 29.5 Å². The van der Waals surface area contributed by atoms with E-state index >= 15 is 0 Å². The number of nitrogens with zero attached hydrogens (tertiary/aromatic N) is 4. The average molecular weight is 1120 g/mol. The number of nitrogens with two attached hydrogens (primary N) is 2. The Bertz CT molecular complexity index is 2840. The van der Waals surface area contributed by atoms with Crippen LogP contribution in [-0.2, 0) is 40.2 Å². The maximum Gasteiger partial charge on any atom is 0.415 e. The van der Waals surface area contributed by atoms with E-state index in [0.717, 1.165) is 18.7 Å². The van der Waals surface area contributed by atoms with Gasteiger partial charge < -0.3 is 63.1 Å². The molecule has 4 aromatic carbocycles. The van der Waals surface area contributed by atoms with Crippen molar-refractivity contribution in [3.05, 3.63) is 108 Å². The van der Waals surface area contributed by atoms with E-state index in [4.69, 9.17) is 25.8 Å². The Morgan fingerprint density at radius 2 is 1.48 bits per heavy atom. The molecule has 10 amide bonds. The zero-order valence-electron chi connectivity index (χ0n) is 46.3. The summed E-state index contributed by atoms with van der Waals surface area (Å²) in [5, 5.41) is 20.6. The SMILES string of the molecule is CCC(=O)N1c2ccccc2[C@H](N(C(=O)OCc2ccc(NC(=O)[C@H](CCCNC(N)=O)NC(=O)C3(C(=O)NCCN)CCC3)cc2)c2ccc(NC(=O)CNC(=O)Nc3ccc(OCCN4CCN(C)O[C@@H]4C)cc3)cc2)C[C@@H]1C. The van der Waals surface area contributed by atoms with Gasteiger partial charge in [0.05, 0.1) is 12.6 Å². The lowest BCUT2D eigenvalue weighted by atomic mass is 9.67. The van der Waals surface area contributed by atoms with Crippen molar-refractivity contribution in [1.29, 1.82) is 0 Å². The summed E-state index contributed by atoms with van der Waals surface area (Å²) in [7, 11) is 1.91. The second kappa shape index (κ2) is 28.7. The number of urea groups is 2. The van der Waals surface area contributed by atoms with E-state index in [1.165, 1.54) is 4.90 Å². The number of hydroxylamine groups is 2. The van der Waals surface area contributed by atoms with Crippen molar-refractivity contribution in [2.75, 3.05) is 85.2 Å². The third-order valence-corrected chi connectivity index (χ3v) is 14.5. The number of benzene rings is 4. The summed E-state index contributed by atoms with van der Waals surface area (Å²) in [6.45, 7) is 8.60. The number of rotatable bonds is 24. The molecule has 1 saturated carbocycles. The molecule has 2 heterocycles. The van der Waals surface area contributed by atoms with Gasteiger partial charge in [-0.1, -0.05) is 43.7 Å². The molecule has 2 aliphatic heterocycles. The largest absolute Gasteiger partial charge is 0.492 e. The molecular weight excluding hydrogens is 1040 g/mol. The first kappa shape index (κ1) is 60.3. The van der Waals surface area contributed by atoms with Crippen LogP contribution in [-0.4, -0.2) is 135 Å². The Labute approximate surface area is 471 Å². The molecule has 0 unspecified atom stereocenters. The number of carbonyl (C=O) groups is 8. The van der Waals surface area contributed by atoms with Gasteiger partial charge in [-0.05, 0) is 124 Å². The Balaban J connectivity index is 0.973. The van der Waals surface area contributed by atoms with Gasteiger partial charge in [0, 0.05) is 87.2 Å². The fourth-order valence-electron chi connectivity index (χ4n) is 9.93. The minimum absolute atomic E-state index is 0.0434. The van der Waals surface area contributed by atoms with Crippen molar-refractivity contribution in [2.24, 2.45) is 16.9 Å². The lowest BCUT2D eigenvalue weighted by molar-refractivity contribution is -0.253. The molecule has 0 aromatic heterocycles. The highest BCUT2D eigenvalue weighted by molar-refractivity contribution is 6.08. The average Bonchev–Trinajstić information content (AvgIpc) is 3.44. The van der Waals surface area contributed by atoms with Crippen LogP contribution >= 0.6 is 0 Å². The smallest absolute Gasteiger partial charge is 0.415 e. The predicted molar refractivity (Wildman–Crippen MR) is 305 cm³/mol. The van der Waals surface area contributed by atoms with E-state index in [0.29, 0.717) is 85.0 Å². The van der Waals surface area contributed by atoms with E-state index in [2.05, 4.69) is 42.1 Å². The predicted octanol–water partition coefficient (Wildman–Crippen LogP) is 4.89. The number of nitrogens with one attached hydrogen (secondary N) is 7. The van der Waals surface area contributed by atoms with Crippen molar-refractivity contribution in [3.8, 4) is 5.75 Å². The van der Waals surface area contributed by atoms with Gasteiger partial charge in [0.15, 0.2) is 0 Å². The van der Waals surface area contributed by atoms with Gasteiger partial charge in [-0.2, -0.15) is 5.06 Å². The number of ether oxygens (including phenoxy) is 2. The third kappa shape index (κ3) is 16.2. The second-order valence-corrected chi connectivity index (χ2v) is 20.2. The van der Waals surface area contributed by atoms with Crippen molar-refractivity contribution < 1.29 is 52.7 Å². The number of anilines is 5. The maximum atomic E-state index is 14.5. The molecule has 11 N–H and O–H groups in total. The van der Waals surface area contributed by atoms with Crippen LogP contribution in [0, 0.1) is 5.41 Å². The van der Waals surface area contributed by atoms with Crippen molar-refractivity contribution in [3.63, 3.8) is 0 Å². The number of amides is 10. The molecule has 7 rings (SSSR count). The van der Waals surface area contributed by atoms with E-state index in [9.17, 15) is 38.4 Å². The van der Waals surface area contributed by atoms with Crippen LogP contribution in [0.3, 0.4) is 0 Å². The topological polar surface area (TPSA) is 313 Å². The van der Waals surface area contributed by atoms with Gasteiger partial charge in [0.25, 0.3) is 0 Å². The van der Waals surface area contributed by atoms with Gasteiger partial charge in [-0.25, -0.2) is 14.4 Å². The minimum Gasteiger partial charge on any atom is -0.492 e. The molecule has 1 aliphatic carbocycles. The number of fused-ring (bicyclic) bond motifs is 1. The molecule has 24 heteroatoms. The molecule has 4 atom stereocenters. The van der Waals surface area contributed by atoms with Crippen LogP contribution in [0.4, 0.5) is 42.8 Å². The summed E-state index contributed by atoms with van der Waals surface area (Å²) < 4.78 is 11.9. The quantitative estimate of drug-likeness (QED) is 0.0334. The highest BCUT2D eigenvalue weighted by Gasteiger charge is 2.51. The summed E-state index contributed by atoms with van der Waals surface area (Å²) in [6, 6.07) is 24.3. The van der Waals surface area contributed by atoms with Crippen molar-refractivity contribution >= 4 is 76.1 Å². The molecule has 434 valence electrons. The van der Waals surface area contributed by atoms with Gasteiger partial charge in [-0.15, -0.1) is 0 Å². The summed E-state index contributed by atoms with van der Waals surface area (Å²) in [4.78, 5) is 117. The molecule has 2 fully saturated rings. The molecule has 4 aromatic rings. The van der Waals surface area contributed by atoms with Crippen LogP contribution in [0.1, 0.15) is 82.9 Å². The molecule has 0 radical (unpaired) electrons. The third-order valence-electron chi connectivity index (χ3n) is 14.5. The molecule has 24 nitrogen and oxygen atoms in total. The number of carbonyl (C=O) groups excluding carboxylic acids is 8. The Morgan fingerprint density at radius 3 is 2.15 bits per heavy atom. The number of likely N-dealkylation sites (N-methyl/N-ethyl adjacent to an activating group) is 1. The molecule has 0 spiro atoms. The standard InChI is InChI=1S/C57H75N13O11/c1-5-50(72)69-37(2)34-48(45-10-6-7-12-47(45)69)70(43-21-17-40(18-22-43)63-49(71)35-62-55(77)65-42-19-23-44(24-20-42)79-33-32-68-31-30-67(4)81-38(68)3)56(78)80-36-39-13-15-41(16-14-39)64-51(73)46(11-8-28-61-54(59)76)66-53(75)57(25-9-26-57)52(74)60-29-27-58/h6-7,10,12-24,37-38,46,48H,5,8-9,11,25-36,58H2,1-4H3,(H,60,74)(H,63,71)(H,64,73)(H,66,75)(H3,59,61,76)(H2,62,65,77)/t37-,38+,46-,48+/m0/s1. The molecule has 0 bridgehead atoms. The van der Waals surface area contributed by atoms with Gasteiger partial charge >= 0.3 is 18.2 Å². The molecular formula is C57H75N13O11. The fraction of sp³-hybridized carbons (Fsp3) is 0.439. The molecule has 1 saturated heterocycles.